The van der Waals surface area contributed by atoms with Gasteiger partial charge >= 0.3 is 6.03 Å². The smallest absolute Gasteiger partial charge is 0.319 e. The average molecular weight is 337 g/mol. The Labute approximate surface area is 138 Å². The van der Waals surface area contributed by atoms with Gasteiger partial charge in [-0.2, -0.15) is 0 Å². The van der Waals surface area contributed by atoms with E-state index in [0.717, 1.165) is 17.7 Å². The first-order chi connectivity index (χ1) is 11.2. The van der Waals surface area contributed by atoms with Crippen LogP contribution in [0.15, 0.2) is 17.0 Å². The lowest BCUT2D eigenvalue weighted by atomic mass is 10.2. The Morgan fingerprint density at radius 2 is 1.91 bits per heavy atom. The molecule has 1 aromatic rings. The van der Waals surface area contributed by atoms with Crippen molar-refractivity contribution in [1.82, 2.24) is 10.6 Å². The lowest BCUT2D eigenvalue weighted by molar-refractivity contribution is -0.120. The van der Waals surface area contributed by atoms with Crippen LogP contribution in [0.4, 0.5) is 10.5 Å². The highest BCUT2D eigenvalue weighted by Crippen LogP contribution is 2.39. The minimum atomic E-state index is -0.428. The summed E-state index contributed by atoms with van der Waals surface area (Å²) in [6, 6.07) is 3.44. The molecular weight excluding hydrogens is 318 g/mol. The molecule has 0 saturated heterocycles. The Hall–Kier alpha value is -2.09. The molecule has 2 aliphatic rings. The van der Waals surface area contributed by atoms with Gasteiger partial charge in [0.15, 0.2) is 11.5 Å². The summed E-state index contributed by atoms with van der Waals surface area (Å²) >= 11 is 1.49. The van der Waals surface area contributed by atoms with Crippen LogP contribution in [0, 0.1) is 0 Å². The number of carbonyl (C=O) groups is 2. The topological polar surface area (TPSA) is 88.7 Å². The van der Waals surface area contributed by atoms with Crippen molar-refractivity contribution in [2.75, 3.05) is 31.3 Å². The first kappa shape index (κ1) is 15.8. The predicted octanol–water partition coefficient (Wildman–Crippen LogP) is 1.58. The molecule has 3 N–H and O–H groups in total. The number of benzene rings is 1. The van der Waals surface area contributed by atoms with Crippen LogP contribution in [0.2, 0.25) is 0 Å². The fourth-order valence-electron chi connectivity index (χ4n) is 2.17. The van der Waals surface area contributed by atoms with Gasteiger partial charge in [-0.1, -0.05) is 0 Å². The Morgan fingerprint density at radius 1 is 1.22 bits per heavy atom. The number of carbonyl (C=O) groups excluding carboxylic acids is 2. The van der Waals surface area contributed by atoms with Gasteiger partial charge in [0.2, 0.25) is 5.91 Å². The summed E-state index contributed by atoms with van der Waals surface area (Å²) in [5, 5.41) is 8.12. The Kier molecular flexibility index (Phi) is 4.80. The number of rotatable bonds is 5. The molecule has 1 aromatic carbocycles. The minimum absolute atomic E-state index is 0.0402. The molecular formula is C15H19N3O4S. The van der Waals surface area contributed by atoms with Gasteiger partial charge in [0.1, 0.15) is 13.2 Å². The number of thioether (sulfide) groups is 1. The van der Waals surface area contributed by atoms with Gasteiger partial charge in [0, 0.05) is 17.0 Å². The highest BCUT2D eigenvalue weighted by molar-refractivity contribution is 7.98. The van der Waals surface area contributed by atoms with E-state index >= 15 is 0 Å². The summed E-state index contributed by atoms with van der Waals surface area (Å²) in [5.41, 5.74) is 0.627. The number of anilines is 1. The summed E-state index contributed by atoms with van der Waals surface area (Å²) in [7, 11) is 0. The van der Waals surface area contributed by atoms with Crippen molar-refractivity contribution in [3.63, 3.8) is 0 Å². The van der Waals surface area contributed by atoms with Crippen LogP contribution in [0.3, 0.4) is 0 Å². The lowest BCUT2D eigenvalue weighted by Crippen LogP contribution is -2.39. The molecule has 0 aromatic heterocycles. The number of ether oxygens (including phenoxy) is 2. The van der Waals surface area contributed by atoms with Crippen molar-refractivity contribution in [2.24, 2.45) is 0 Å². The fraction of sp³-hybridized carbons (Fsp3) is 0.467. The zero-order valence-electron chi connectivity index (χ0n) is 12.8. The van der Waals surface area contributed by atoms with Crippen LogP contribution in [0.25, 0.3) is 0 Å². The largest absolute Gasteiger partial charge is 0.486 e. The van der Waals surface area contributed by atoms with Gasteiger partial charge in [-0.05, 0) is 25.2 Å². The zero-order valence-corrected chi connectivity index (χ0v) is 13.6. The van der Waals surface area contributed by atoms with Gasteiger partial charge in [-0.25, -0.2) is 4.79 Å². The second-order valence-corrected chi connectivity index (χ2v) is 6.19. The third kappa shape index (κ3) is 4.22. The van der Waals surface area contributed by atoms with Crippen LogP contribution in [0.5, 0.6) is 11.5 Å². The number of hydrogen-bond acceptors (Lipinski definition) is 5. The average Bonchev–Trinajstić information content (AvgIpc) is 3.36. The molecule has 1 saturated carbocycles. The summed E-state index contributed by atoms with van der Waals surface area (Å²) in [5.74, 6) is 1.11. The third-order valence-electron chi connectivity index (χ3n) is 3.46. The van der Waals surface area contributed by atoms with Crippen molar-refractivity contribution >= 4 is 29.4 Å². The molecule has 23 heavy (non-hydrogen) atoms. The van der Waals surface area contributed by atoms with E-state index in [-0.39, 0.29) is 18.5 Å². The summed E-state index contributed by atoms with van der Waals surface area (Å²) in [4.78, 5) is 24.4. The van der Waals surface area contributed by atoms with E-state index in [4.69, 9.17) is 9.47 Å². The summed E-state index contributed by atoms with van der Waals surface area (Å²) < 4.78 is 11.1. The quantitative estimate of drug-likeness (QED) is 0.710. The van der Waals surface area contributed by atoms with Crippen LogP contribution >= 0.6 is 11.8 Å². The Balaban J connectivity index is 1.59. The highest BCUT2D eigenvalue weighted by Gasteiger charge is 2.23. The lowest BCUT2D eigenvalue weighted by Gasteiger charge is -2.21. The van der Waals surface area contributed by atoms with Crippen molar-refractivity contribution in [1.29, 1.82) is 0 Å². The van der Waals surface area contributed by atoms with E-state index in [9.17, 15) is 9.59 Å². The van der Waals surface area contributed by atoms with Gasteiger partial charge in [-0.15, -0.1) is 11.8 Å². The first-order valence-corrected chi connectivity index (χ1v) is 8.70. The second-order valence-electron chi connectivity index (χ2n) is 5.35. The van der Waals surface area contributed by atoms with E-state index in [1.165, 1.54) is 11.8 Å². The van der Waals surface area contributed by atoms with Crippen molar-refractivity contribution in [2.45, 2.75) is 23.8 Å². The number of fused-ring (bicyclic) bond motifs is 1. The number of urea groups is 1. The van der Waals surface area contributed by atoms with Crippen molar-refractivity contribution in [3.05, 3.63) is 12.1 Å². The molecule has 0 spiro atoms. The maximum atomic E-state index is 12.0. The Bertz CT molecular complexity index is 619. The molecule has 1 fully saturated rings. The molecule has 0 radical (unpaired) electrons. The molecule has 1 aliphatic carbocycles. The molecule has 8 heteroatoms. The number of hydrogen-bond donors (Lipinski definition) is 3. The van der Waals surface area contributed by atoms with Gasteiger partial charge < -0.3 is 25.4 Å². The molecule has 124 valence electrons. The standard InChI is InChI=1S/C15H19N3O4S/c1-23-13-7-12-11(21-4-5-22-12)6-10(13)18-15(20)16-8-14(19)17-9-2-3-9/h6-7,9H,2-5,8H2,1H3,(H,17,19)(H2,16,18,20). The number of nitrogens with one attached hydrogen (secondary N) is 3. The van der Waals surface area contributed by atoms with Crippen LogP contribution < -0.4 is 25.4 Å². The highest BCUT2D eigenvalue weighted by atomic mass is 32.2. The normalized spacial score (nSPS) is 15.7. The van der Waals surface area contributed by atoms with Crippen LogP contribution in [-0.4, -0.2) is 44.0 Å². The van der Waals surface area contributed by atoms with Crippen LogP contribution in [0.1, 0.15) is 12.8 Å². The second kappa shape index (κ2) is 6.99. The monoisotopic (exact) mass is 337 g/mol. The van der Waals surface area contributed by atoms with E-state index in [2.05, 4.69) is 16.0 Å². The molecule has 0 atom stereocenters. The van der Waals surface area contributed by atoms with E-state index in [1.807, 2.05) is 12.3 Å². The maximum absolute atomic E-state index is 12.0. The Morgan fingerprint density at radius 3 is 2.57 bits per heavy atom. The van der Waals surface area contributed by atoms with Crippen LogP contribution in [-0.2, 0) is 4.79 Å². The molecule has 0 bridgehead atoms. The van der Waals surface area contributed by atoms with Crippen molar-refractivity contribution in [3.8, 4) is 11.5 Å². The van der Waals surface area contributed by atoms with E-state index in [0.29, 0.717) is 30.4 Å². The van der Waals surface area contributed by atoms with Gasteiger partial charge in [-0.3, -0.25) is 4.79 Å². The molecule has 3 rings (SSSR count). The zero-order chi connectivity index (χ0) is 16.2. The summed E-state index contributed by atoms with van der Waals surface area (Å²) in [6.07, 6.45) is 3.95. The summed E-state index contributed by atoms with van der Waals surface area (Å²) in [6.45, 7) is 0.963. The fourth-order valence-corrected chi connectivity index (χ4v) is 2.72. The van der Waals surface area contributed by atoms with E-state index < -0.39 is 6.03 Å². The van der Waals surface area contributed by atoms with Crippen molar-refractivity contribution < 1.29 is 19.1 Å². The molecule has 3 amide bonds. The third-order valence-corrected chi connectivity index (χ3v) is 4.24. The molecule has 1 aliphatic heterocycles. The maximum Gasteiger partial charge on any atom is 0.319 e. The predicted molar refractivity (Wildman–Crippen MR) is 87.4 cm³/mol. The SMILES string of the molecule is CSc1cc2c(cc1NC(=O)NCC(=O)NC1CC1)OCCO2. The molecule has 0 unspecified atom stereocenters. The minimum Gasteiger partial charge on any atom is -0.486 e. The van der Waals surface area contributed by atoms with E-state index in [1.54, 1.807) is 6.07 Å². The van der Waals surface area contributed by atoms with Gasteiger partial charge in [0.25, 0.3) is 0 Å². The van der Waals surface area contributed by atoms with Gasteiger partial charge in [0.05, 0.1) is 12.2 Å². The molecule has 1 heterocycles. The molecule has 7 nitrogen and oxygen atoms in total. The number of amides is 3. The first-order valence-electron chi connectivity index (χ1n) is 7.47.